The van der Waals surface area contributed by atoms with Crippen LogP contribution in [0.1, 0.15) is 25.7 Å². The Balaban J connectivity index is 0.00000289. The number of benzene rings is 1. The van der Waals surface area contributed by atoms with E-state index < -0.39 is 11.2 Å². The van der Waals surface area contributed by atoms with Crippen molar-refractivity contribution in [2.45, 2.75) is 31.7 Å². The van der Waals surface area contributed by atoms with Gasteiger partial charge in [-0.15, -0.1) is 12.4 Å². The van der Waals surface area contributed by atoms with Crippen LogP contribution in [0.2, 0.25) is 0 Å². The summed E-state index contributed by atoms with van der Waals surface area (Å²) in [5.74, 6) is -0.197. The largest absolute Gasteiger partial charge is 0.359 e. The molecule has 2 N–H and O–H groups in total. The Bertz CT molecular complexity index is 1470. The summed E-state index contributed by atoms with van der Waals surface area (Å²) in [4.78, 5) is 25.6. The molecule has 0 bridgehead atoms. The van der Waals surface area contributed by atoms with Gasteiger partial charge in [-0.3, -0.25) is 9.78 Å². The topological polar surface area (TPSA) is 121 Å². The summed E-state index contributed by atoms with van der Waals surface area (Å²) in [6, 6.07) is 8.80. The number of halogens is 3. The number of nitrogens with one attached hydrogen (secondary N) is 2. The second-order valence-corrected chi connectivity index (χ2v) is 9.17. The number of anilines is 1. The molecule has 5 rings (SSSR count). The van der Waals surface area contributed by atoms with Crippen molar-refractivity contribution in [2.75, 3.05) is 12.4 Å². The van der Waals surface area contributed by atoms with Gasteiger partial charge in [-0.2, -0.15) is 15.3 Å². The molecule has 0 saturated heterocycles. The molecule has 1 aromatic carbocycles. The minimum atomic E-state index is -0.716. The number of rotatable bonds is 5. The number of hydrogen-bond acceptors (Lipinski definition) is 7. The van der Waals surface area contributed by atoms with Crippen LogP contribution in [0.4, 0.5) is 10.3 Å². The maximum Gasteiger partial charge on any atom is 0.227 e. The molecule has 0 aliphatic heterocycles. The lowest BCUT2D eigenvalue weighted by molar-refractivity contribution is -0.130. The summed E-state index contributed by atoms with van der Waals surface area (Å²) in [6.45, 7) is 0. The molecule has 1 saturated carbocycles. The second kappa shape index (κ2) is 9.71. The molecule has 35 heavy (non-hydrogen) atoms. The highest BCUT2D eigenvalue weighted by Gasteiger charge is 2.45. The van der Waals surface area contributed by atoms with E-state index >= 15 is 0 Å². The molecule has 1 aliphatic rings. The number of aromatic nitrogens is 5. The molecule has 3 heterocycles. The molecular weight excluding hydrogens is 539 g/mol. The van der Waals surface area contributed by atoms with Gasteiger partial charge in [-0.05, 0) is 47.3 Å². The number of carbonyl (C=O) groups is 1. The highest BCUT2D eigenvalue weighted by atomic mass is 79.9. The normalized spacial score (nSPS) is 19.3. The number of fused-ring (bicyclic) bond motifs is 2. The number of nitrogens with zero attached hydrogens (tertiary/aromatic N) is 6. The van der Waals surface area contributed by atoms with Crippen LogP contribution in [-0.2, 0) is 4.79 Å². The standard InChI is InChI=1S/C23H20BrFN8O.ClH/c1-27-21(34)23(6-7-26)5-4-14(11-23)30-22-29-12-16-19(24)32-33(20(16)31-22)15-9-13-3-2-8-28-18(13)17(25)10-15;/h2-3,8-10,12,14H,4-6,11H2,1H3,(H,27,34)(H,29,30,31);1H/t14-,23+;/m1./s1. The molecule has 1 fully saturated rings. The SMILES string of the molecule is CNC(=O)[C@]1(CC#N)CC[C@@H](Nc2ncc3c(Br)nn(-c4cc(F)c5ncccc5c4)c3n2)C1.Cl. The van der Waals surface area contributed by atoms with Crippen molar-refractivity contribution in [3.63, 3.8) is 0 Å². The molecule has 0 unspecified atom stereocenters. The van der Waals surface area contributed by atoms with Crippen molar-refractivity contribution in [2.24, 2.45) is 5.41 Å². The zero-order chi connectivity index (χ0) is 23.9. The first-order valence-electron chi connectivity index (χ1n) is 10.8. The third-order valence-corrected chi connectivity index (χ3v) is 6.92. The van der Waals surface area contributed by atoms with Crippen LogP contribution in [0.25, 0.3) is 27.6 Å². The van der Waals surface area contributed by atoms with Gasteiger partial charge in [0.15, 0.2) is 11.5 Å². The molecule has 0 radical (unpaired) electrons. The third-order valence-electron chi connectivity index (χ3n) is 6.33. The zero-order valence-corrected chi connectivity index (χ0v) is 21.0. The van der Waals surface area contributed by atoms with Crippen molar-refractivity contribution in [3.8, 4) is 11.8 Å². The average molecular weight is 560 g/mol. The van der Waals surface area contributed by atoms with Crippen molar-refractivity contribution < 1.29 is 9.18 Å². The van der Waals surface area contributed by atoms with Crippen molar-refractivity contribution in [3.05, 3.63) is 47.1 Å². The Morgan fingerprint density at radius 1 is 1.40 bits per heavy atom. The number of amides is 1. The zero-order valence-electron chi connectivity index (χ0n) is 18.6. The fourth-order valence-electron chi connectivity index (χ4n) is 4.67. The molecule has 3 aromatic heterocycles. The molecule has 12 heteroatoms. The van der Waals surface area contributed by atoms with Crippen LogP contribution >= 0.6 is 28.3 Å². The van der Waals surface area contributed by atoms with Gasteiger partial charge in [0.2, 0.25) is 11.9 Å². The van der Waals surface area contributed by atoms with Gasteiger partial charge in [-0.1, -0.05) is 6.07 Å². The molecule has 9 nitrogen and oxygen atoms in total. The first-order chi connectivity index (χ1) is 16.4. The van der Waals surface area contributed by atoms with E-state index in [0.29, 0.717) is 51.9 Å². The van der Waals surface area contributed by atoms with Crippen LogP contribution in [-0.4, -0.2) is 43.7 Å². The highest BCUT2D eigenvalue weighted by molar-refractivity contribution is 9.10. The molecule has 0 spiro atoms. The molecule has 2 atom stereocenters. The first-order valence-corrected chi connectivity index (χ1v) is 11.5. The summed E-state index contributed by atoms with van der Waals surface area (Å²) < 4.78 is 16.8. The van der Waals surface area contributed by atoms with Crippen LogP contribution in [0.15, 0.2) is 41.3 Å². The number of hydrogen-bond donors (Lipinski definition) is 2. The maximum absolute atomic E-state index is 14.7. The number of nitriles is 1. The van der Waals surface area contributed by atoms with E-state index in [1.165, 1.54) is 6.07 Å². The first kappa shape index (κ1) is 24.8. The summed E-state index contributed by atoms with van der Waals surface area (Å²) in [6.07, 6.45) is 5.18. The van der Waals surface area contributed by atoms with Gasteiger partial charge in [0.05, 0.1) is 22.6 Å². The summed E-state index contributed by atoms with van der Waals surface area (Å²) in [7, 11) is 1.59. The lowest BCUT2D eigenvalue weighted by atomic mass is 9.82. The summed E-state index contributed by atoms with van der Waals surface area (Å²) >= 11 is 3.44. The Hall–Kier alpha value is -3.36. The third kappa shape index (κ3) is 4.39. The Labute approximate surface area is 214 Å². The van der Waals surface area contributed by atoms with E-state index in [2.05, 4.69) is 52.7 Å². The second-order valence-electron chi connectivity index (χ2n) is 8.41. The monoisotopic (exact) mass is 558 g/mol. The van der Waals surface area contributed by atoms with Gasteiger partial charge in [-0.25, -0.2) is 14.1 Å². The minimum Gasteiger partial charge on any atom is -0.359 e. The molecule has 1 amide bonds. The molecule has 4 aromatic rings. The maximum atomic E-state index is 14.7. The van der Waals surface area contributed by atoms with E-state index in [1.54, 1.807) is 42.3 Å². The number of pyridine rings is 1. The van der Waals surface area contributed by atoms with Crippen molar-refractivity contribution >= 4 is 62.1 Å². The predicted molar refractivity (Wildman–Crippen MR) is 135 cm³/mol. The summed E-state index contributed by atoms with van der Waals surface area (Å²) in [5, 5.41) is 21.0. The van der Waals surface area contributed by atoms with E-state index in [9.17, 15) is 14.4 Å². The average Bonchev–Trinajstić information content (AvgIpc) is 3.40. The number of carbonyl (C=O) groups excluding carboxylic acids is 1. The van der Waals surface area contributed by atoms with Gasteiger partial charge < -0.3 is 10.6 Å². The Kier molecular flexibility index (Phi) is 6.87. The van der Waals surface area contributed by atoms with Gasteiger partial charge >= 0.3 is 0 Å². The van der Waals surface area contributed by atoms with Gasteiger partial charge in [0, 0.05) is 43.4 Å². The molecule has 1 aliphatic carbocycles. The predicted octanol–water partition coefficient (Wildman–Crippen LogP) is 4.30. The highest BCUT2D eigenvalue weighted by Crippen LogP contribution is 2.42. The smallest absolute Gasteiger partial charge is 0.227 e. The quantitative estimate of drug-likeness (QED) is 0.374. The van der Waals surface area contributed by atoms with Crippen molar-refractivity contribution in [1.82, 2.24) is 30.0 Å². The van der Waals surface area contributed by atoms with E-state index in [-0.39, 0.29) is 36.3 Å². The van der Waals surface area contributed by atoms with E-state index in [0.717, 1.165) is 0 Å². The van der Waals surface area contributed by atoms with Crippen LogP contribution < -0.4 is 10.6 Å². The Morgan fingerprint density at radius 3 is 3.00 bits per heavy atom. The lowest BCUT2D eigenvalue weighted by Crippen LogP contribution is -2.38. The fraction of sp³-hybridized carbons (Fsp3) is 0.304. The van der Waals surface area contributed by atoms with Crippen LogP contribution in [0, 0.1) is 22.6 Å². The van der Waals surface area contributed by atoms with E-state index in [1.807, 2.05) is 0 Å². The Morgan fingerprint density at radius 2 is 2.23 bits per heavy atom. The van der Waals surface area contributed by atoms with Gasteiger partial charge in [0.1, 0.15) is 10.1 Å². The molecular formula is C23H21BrClFN8O. The summed E-state index contributed by atoms with van der Waals surface area (Å²) in [5.41, 5.74) is 0.579. The van der Waals surface area contributed by atoms with Crippen LogP contribution in [0.5, 0.6) is 0 Å². The lowest BCUT2D eigenvalue weighted by Gasteiger charge is -2.24. The van der Waals surface area contributed by atoms with E-state index in [4.69, 9.17) is 0 Å². The molecule has 180 valence electrons. The van der Waals surface area contributed by atoms with Crippen LogP contribution in [0.3, 0.4) is 0 Å². The van der Waals surface area contributed by atoms with Gasteiger partial charge in [0.25, 0.3) is 0 Å². The minimum absolute atomic E-state index is 0. The fourth-order valence-corrected chi connectivity index (χ4v) is 5.11. The van der Waals surface area contributed by atoms with Crippen molar-refractivity contribution in [1.29, 1.82) is 5.26 Å².